The van der Waals surface area contributed by atoms with Crippen LogP contribution in [-0.4, -0.2) is 13.2 Å². The van der Waals surface area contributed by atoms with Crippen LogP contribution in [0, 0.1) is 0 Å². The van der Waals surface area contributed by atoms with Crippen molar-refractivity contribution in [1.82, 2.24) is 0 Å². The molecule has 0 bridgehead atoms. The molecule has 0 amide bonds. The summed E-state index contributed by atoms with van der Waals surface area (Å²) < 4.78 is 11.9. The lowest BCUT2D eigenvalue weighted by Gasteiger charge is -2.15. The Morgan fingerprint density at radius 3 is 1.24 bits per heavy atom. The number of nitrogens with zero attached hydrogens (tertiary/aromatic N) is 4. The van der Waals surface area contributed by atoms with Crippen LogP contribution in [0.1, 0.15) is 65.2 Å². The van der Waals surface area contributed by atoms with Crippen LogP contribution < -0.4 is 9.47 Å². The fourth-order valence-corrected chi connectivity index (χ4v) is 6.09. The van der Waals surface area contributed by atoms with E-state index in [1.807, 2.05) is 60.7 Å². The molecule has 0 spiro atoms. The quantitative estimate of drug-likeness (QED) is 0.0720. The number of azo groups is 2. The molecule has 0 aliphatic carbocycles. The lowest BCUT2D eigenvalue weighted by atomic mass is 9.91. The van der Waals surface area contributed by atoms with Crippen molar-refractivity contribution in [2.24, 2.45) is 20.5 Å². The van der Waals surface area contributed by atoms with Crippen molar-refractivity contribution in [2.45, 2.75) is 65.2 Å². The summed E-state index contributed by atoms with van der Waals surface area (Å²) in [6.45, 7) is 5.89. The molecule has 0 aromatic heterocycles. The summed E-state index contributed by atoms with van der Waals surface area (Å²) >= 11 is 0. The van der Waals surface area contributed by atoms with Gasteiger partial charge >= 0.3 is 0 Å². The van der Waals surface area contributed by atoms with Gasteiger partial charge < -0.3 is 9.47 Å². The van der Waals surface area contributed by atoms with Crippen molar-refractivity contribution in [1.29, 1.82) is 0 Å². The molecule has 0 N–H and O–H groups in total. The monoisotopic (exact) mass is 662 g/mol. The Balaban J connectivity index is 1.32. The Kier molecular flexibility index (Phi) is 12.3. The Hall–Kier alpha value is -5.36. The van der Waals surface area contributed by atoms with Gasteiger partial charge in [-0.1, -0.05) is 113 Å². The molecular formula is C44H46N4O2. The highest BCUT2D eigenvalue weighted by atomic mass is 16.5. The molecule has 0 fully saturated rings. The lowest BCUT2D eigenvalue weighted by Crippen LogP contribution is -1.96. The highest BCUT2D eigenvalue weighted by Gasteiger charge is 2.17. The summed E-state index contributed by atoms with van der Waals surface area (Å²) in [6, 6.07) is 40.7. The third-order valence-corrected chi connectivity index (χ3v) is 8.82. The highest BCUT2D eigenvalue weighted by molar-refractivity contribution is 6.12. The van der Waals surface area contributed by atoms with Gasteiger partial charge in [0.1, 0.15) is 11.5 Å². The van der Waals surface area contributed by atoms with Crippen molar-refractivity contribution >= 4 is 44.3 Å². The first-order valence-corrected chi connectivity index (χ1v) is 18.1. The van der Waals surface area contributed by atoms with Crippen LogP contribution >= 0.6 is 0 Å². The molecule has 0 unspecified atom stereocenters. The van der Waals surface area contributed by atoms with Gasteiger partial charge in [0.15, 0.2) is 0 Å². The van der Waals surface area contributed by atoms with Gasteiger partial charge in [0, 0.05) is 11.1 Å². The normalized spacial score (nSPS) is 11.6. The molecule has 0 atom stereocenters. The average Bonchev–Trinajstić information content (AvgIpc) is 3.16. The van der Waals surface area contributed by atoms with Crippen molar-refractivity contribution in [3.63, 3.8) is 0 Å². The first-order chi connectivity index (χ1) is 24.7. The first kappa shape index (κ1) is 34.5. The molecule has 0 heterocycles. The maximum absolute atomic E-state index is 5.94. The smallest absolute Gasteiger partial charge is 0.119 e. The molecule has 6 aromatic rings. The Bertz CT molecular complexity index is 1890. The van der Waals surface area contributed by atoms with E-state index in [4.69, 9.17) is 19.7 Å². The van der Waals surface area contributed by atoms with Gasteiger partial charge in [-0.15, -0.1) is 10.2 Å². The number of hydrogen-bond acceptors (Lipinski definition) is 6. The summed E-state index contributed by atoms with van der Waals surface area (Å²) in [4.78, 5) is 0. The SMILES string of the molecule is CCCCCCOc1ccc(N=Nc2ccc3ccccc3c2-c2c(N=Nc3ccc(OCCCCCC)cc3)ccc3ccccc23)cc1. The molecule has 0 aliphatic heterocycles. The van der Waals surface area contributed by atoms with Gasteiger partial charge in [-0.3, -0.25) is 0 Å². The largest absolute Gasteiger partial charge is 0.494 e. The van der Waals surface area contributed by atoms with E-state index < -0.39 is 0 Å². The second-order valence-electron chi connectivity index (χ2n) is 12.6. The summed E-state index contributed by atoms with van der Waals surface area (Å²) in [5.41, 5.74) is 4.97. The summed E-state index contributed by atoms with van der Waals surface area (Å²) in [5.74, 6) is 1.70. The minimum atomic E-state index is 0.727. The minimum absolute atomic E-state index is 0.727. The topological polar surface area (TPSA) is 67.9 Å². The molecule has 6 aromatic carbocycles. The molecule has 0 saturated carbocycles. The van der Waals surface area contributed by atoms with E-state index in [2.05, 4.69) is 84.7 Å². The molecule has 50 heavy (non-hydrogen) atoms. The van der Waals surface area contributed by atoms with Gasteiger partial charge in [0.05, 0.1) is 36.0 Å². The van der Waals surface area contributed by atoms with E-state index in [-0.39, 0.29) is 0 Å². The predicted octanol–water partition coefficient (Wildman–Crippen LogP) is 14.4. The van der Waals surface area contributed by atoms with Gasteiger partial charge in [-0.05, 0) is 95.1 Å². The standard InChI is InChI=1S/C44H46N4O2/c1-3-5-7-13-31-49-37-25-21-35(22-26-37)45-47-41-29-19-33-15-9-11-17-39(33)43(41)44-40-18-12-10-16-34(40)20-30-42(44)48-46-36-23-27-38(28-24-36)50-32-14-8-6-4-2/h9-12,15-30H,3-8,13-14,31-32H2,1-2H3. The number of hydrogen-bond donors (Lipinski definition) is 0. The molecule has 6 nitrogen and oxygen atoms in total. The van der Waals surface area contributed by atoms with Crippen molar-refractivity contribution in [3.05, 3.63) is 121 Å². The van der Waals surface area contributed by atoms with Crippen LogP contribution in [-0.2, 0) is 0 Å². The van der Waals surface area contributed by atoms with E-state index in [0.29, 0.717) is 0 Å². The first-order valence-electron chi connectivity index (χ1n) is 18.1. The van der Waals surface area contributed by atoms with E-state index >= 15 is 0 Å². The lowest BCUT2D eigenvalue weighted by molar-refractivity contribution is 0.305. The zero-order chi connectivity index (χ0) is 34.4. The molecular weight excluding hydrogens is 617 g/mol. The fourth-order valence-electron chi connectivity index (χ4n) is 6.09. The second kappa shape index (κ2) is 17.9. The van der Waals surface area contributed by atoms with Gasteiger partial charge in [0.2, 0.25) is 0 Å². The van der Waals surface area contributed by atoms with Crippen LogP contribution in [0.3, 0.4) is 0 Å². The van der Waals surface area contributed by atoms with E-state index in [1.165, 1.54) is 38.5 Å². The van der Waals surface area contributed by atoms with Crippen molar-refractivity contribution < 1.29 is 9.47 Å². The number of benzene rings is 6. The Morgan fingerprint density at radius 2 is 0.820 bits per heavy atom. The van der Waals surface area contributed by atoms with E-state index in [9.17, 15) is 0 Å². The maximum Gasteiger partial charge on any atom is 0.119 e. The third-order valence-electron chi connectivity index (χ3n) is 8.82. The Labute approximate surface area is 295 Å². The van der Waals surface area contributed by atoms with Crippen LogP contribution in [0.5, 0.6) is 11.5 Å². The molecule has 254 valence electrons. The second-order valence-corrected chi connectivity index (χ2v) is 12.6. The number of ether oxygens (including phenoxy) is 2. The summed E-state index contributed by atoms with van der Waals surface area (Å²) in [5, 5.41) is 23.4. The van der Waals surface area contributed by atoms with Crippen molar-refractivity contribution in [3.8, 4) is 22.6 Å². The molecule has 0 saturated heterocycles. The highest BCUT2D eigenvalue weighted by Crippen LogP contribution is 2.46. The van der Waals surface area contributed by atoms with Gasteiger partial charge in [0.25, 0.3) is 0 Å². The van der Waals surface area contributed by atoms with Crippen LogP contribution in [0.25, 0.3) is 32.7 Å². The number of unbranched alkanes of at least 4 members (excludes halogenated alkanes) is 6. The van der Waals surface area contributed by atoms with E-state index in [0.717, 1.165) is 93.0 Å². The number of fused-ring (bicyclic) bond motifs is 2. The van der Waals surface area contributed by atoms with Crippen LogP contribution in [0.2, 0.25) is 0 Å². The zero-order valence-electron chi connectivity index (χ0n) is 29.2. The summed E-state index contributed by atoms with van der Waals surface area (Å²) in [6.07, 6.45) is 9.43. The van der Waals surface area contributed by atoms with E-state index in [1.54, 1.807) is 0 Å². The molecule has 6 rings (SSSR count). The maximum atomic E-state index is 5.94. The van der Waals surface area contributed by atoms with Crippen LogP contribution in [0.15, 0.2) is 142 Å². The summed E-state index contributed by atoms with van der Waals surface area (Å²) in [7, 11) is 0. The molecule has 0 radical (unpaired) electrons. The fraction of sp³-hybridized carbons (Fsp3) is 0.273. The average molecular weight is 663 g/mol. The third kappa shape index (κ3) is 9.00. The van der Waals surface area contributed by atoms with Gasteiger partial charge in [-0.2, -0.15) is 10.2 Å². The molecule has 6 heteroatoms. The molecule has 0 aliphatic rings. The zero-order valence-corrected chi connectivity index (χ0v) is 29.2. The van der Waals surface area contributed by atoms with Gasteiger partial charge in [-0.25, -0.2) is 0 Å². The Morgan fingerprint density at radius 1 is 0.400 bits per heavy atom. The predicted molar refractivity (Wildman–Crippen MR) is 207 cm³/mol. The van der Waals surface area contributed by atoms with Crippen molar-refractivity contribution in [2.75, 3.05) is 13.2 Å². The number of rotatable bonds is 17. The van der Waals surface area contributed by atoms with Crippen LogP contribution in [0.4, 0.5) is 22.7 Å². The minimum Gasteiger partial charge on any atom is -0.494 e.